The second-order valence-electron chi connectivity index (χ2n) is 7.56. The number of hydrogen-bond donors (Lipinski definition) is 0. The first-order chi connectivity index (χ1) is 18.6. The first kappa shape index (κ1) is 48.0. The van der Waals surface area contributed by atoms with E-state index in [2.05, 4.69) is 9.37 Å². The standard InChI is InChI=1S/C21H36O15S3.3Na/c22-35-36-37-13-1-4-29-7-10-32-19-16-20(33-11-8-30-5-2-14-38(23,24)25)18-21(17-19)34-12-9-31-6-3-15-39(26,27)28;;;/h16-18,22H,1-15H2,(H,23,24,25)(H,26,27,28);;;/q;3*+1/p-3. The Morgan fingerprint density at radius 2 is 0.929 bits per heavy atom. The summed E-state index contributed by atoms with van der Waals surface area (Å²) >= 11 is 0.877. The number of hydrogen-bond acceptors (Lipinski definition) is 16. The van der Waals surface area contributed by atoms with E-state index in [9.17, 15) is 31.2 Å². The Labute approximate surface area is 317 Å². The molecule has 0 amide bonds. The van der Waals surface area contributed by atoms with Gasteiger partial charge in [-0.25, -0.2) is 16.8 Å². The molecule has 0 heterocycles. The Bertz CT molecular complexity index is 924. The average molecular weight is 691 g/mol. The summed E-state index contributed by atoms with van der Waals surface area (Å²) in [6, 6.07) is 4.88. The van der Waals surface area contributed by atoms with Gasteiger partial charge in [0.05, 0.1) is 40.1 Å². The maximum absolute atomic E-state index is 10.6. The van der Waals surface area contributed by atoms with Crippen molar-refractivity contribution >= 4 is 32.3 Å². The van der Waals surface area contributed by atoms with Crippen molar-refractivity contribution < 1.29 is 158 Å². The van der Waals surface area contributed by atoms with Crippen molar-refractivity contribution in [3.8, 4) is 17.2 Å². The van der Waals surface area contributed by atoms with Crippen LogP contribution in [0.15, 0.2) is 18.2 Å². The molecule has 1 aromatic rings. The molecule has 1 aromatic carbocycles. The molecular weight excluding hydrogens is 657 g/mol. The van der Waals surface area contributed by atoms with Crippen molar-refractivity contribution in [1.29, 1.82) is 0 Å². The van der Waals surface area contributed by atoms with Gasteiger partial charge in [-0.3, -0.25) is 5.04 Å². The van der Waals surface area contributed by atoms with Gasteiger partial charge in [0.2, 0.25) is 0 Å². The predicted octanol–water partition coefficient (Wildman–Crippen LogP) is -8.98. The van der Waals surface area contributed by atoms with E-state index < -0.39 is 31.7 Å². The molecular formula is C21H33Na3O15S3. The van der Waals surface area contributed by atoms with Crippen molar-refractivity contribution in [2.45, 2.75) is 19.3 Å². The molecule has 0 bridgehead atoms. The Hall–Kier alpha value is 1.55. The molecule has 0 aliphatic heterocycles. The van der Waals surface area contributed by atoms with Crippen LogP contribution < -0.4 is 108 Å². The zero-order valence-electron chi connectivity index (χ0n) is 24.2. The van der Waals surface area contributed by atoms with E-state index in [1.165, 1.54) is 0 Å². The smallest absolute Gasteiger partial charge is 0.748 e. The Balaban J connectivity index is -0.00000507. The molecule has 0 spiro atoms. The van der Waals surface area contributed by atoms with Crippen LogP contribution in [0.5, 0.6) is 17.2 Å². The fourth-order valence-electron chi connectivity index (χ4n) is 2.71. The minimum absolute atomic E-state index is 0. The van der Waals surface area contributed by atoms with E-state index >= 15 is 0 Å². The summed E-state index contributed by atoms with van der Waals surface area (Å²) in [5.74, 6) is 0.783. The van der Waals surface area contributed by atoms with Crippen LogP contribution in [0.25, 0.3) is 0 Å². The Morgan fingerprint density at radius 3 is 1.26 bits per heavy atom. The van der Waals surface area contributed by atoms with Crippen molar-refractivity contribution in [2.75, 3.05) is 76.7 Å². The van der Waals surface area contributed by atoms with E-state index in [1.54, 1.807) is 18.2 Å². The quantitative estimate of drug-likeness (QED) is 0.0221. The van der Waals surface area contributed by atoms with Crippen LogP contribution >= 0.6 is 12.0 Å². The van der Waals surface area contributed by atoms with Crippen LogP contribution in [-0.2, 0) is 43.8 Å². The molecule has 0 radical (unpaired) electrons. The van der Waals surface area contributed by atoms with Gasteiger partial charge in [0.25, 0.3) is 0 Å². The van der Waals surface area contributed by atoms with Gasteiger partial charge in [0.1, 0.15) is 37.1 Å². The molecule has 1 rings (SSSR count). The van der Waals surface area contributed by atoms with Gasteiger partial charge in [-0.1, -0.05) is 0 Å². The second kappa shape index (κ2) is 29.9. The maximum Gasteiger partial charge on any atom is 1.00 e. The molecule has 0 aliphatic carbocycles. The third-order valence-electron chi connectivity index (χ3n) is 4.30. The molecule has 0 unspecified atom stereocenters. The van der Waals surface area contributed by atoms with E-state index in [-0.39, 0.29) is 148 Å². The van der Waals surface area contributed by atoms with Gasteiger partial charge in [0.15, 0.2) is 0 Å². The third kappa shape index (κ3) is 31.5. The van der Waals surface area contributed by atoms with Gasteiger partial charge < -0.3 is 42.8 Å². The van der Waals surface area contributed by atoms with Crippen LogP contribution in [-0.4, -0.2) is 103 Å². The van der Waals surface area contributed by atoms with Gasteiger partial charge in [-0.05, 0) is 19.3 Å². The first-order valence-corrected chi connectivity index (χ1v) is 15.9. The summed E-state index contributed by atoms with van der Waals surface area (Å²) in [4.78, 5) is 0. The molecule has 0 aromatic heterocycles. The summed E-state index contributed by atoms with van der Waals surface area (Å²) in [6.07, 6.45) is 0.815. The second-order valence-corrected chi connectivity index (χ2v) is 11.4. The van der Waals surface area contributed by atoms with Crippen molar-refractivity contribution in [3.63, 3.8) is 0 Å². The van der Waals surface area contributed by atoms with Crippen LogP contribution in [0.1, 0.15) is 19.3 Å². The molecule has 0 atom stereocenters. The van der Waals surface area contributed by atoms with Crippen LogP contribution in [0.3, 0.4) is 0 Å². The van der Waals surface area contributed by atoms with E-state index in [0.717, 1.165) is 12.0 Å². The largest absolute Gasteiger partial charge is 1.00 e. The Morgan fingerprint density at radius 1 is 0.571 bits per heavy atom. The van der Waals surface area contributed by atoms with Crippen molar-refractivity contribution in [3.05, 3.63) is 18.2 Å². The van der Waals surface area contributed by atoms with Crippen molar-refractivity contribution in [2.24, 2.45) is 0 Å². The molecule has 0 aliphatic rings. The number of rotatable bonds is 26. The summed E-state index contributed by atoms with van der Waals surface area (Å²) in [5.41, 5.74) is 0. The molecule has 21 heteroatoms. The van der Waals surface area contributed by atoms with E-state index in [0.29, 0.717) is 42.6 Å². The van der Waals surface area contributed by atoms with E-state index in [4.69, 9.17) is 28.4 Å². The predicted molar refractivity (Wildman–Crippen MR) is 133 cm³/mol. The fraction of sp³-hybridized carbons (Fsp3) is 0.714. The van der Waals surface area contributed by atoms with Crippen molar-refractivity contribution in [1.82, 2.24) is 0 Å². The van der Waals surface area contributed by atoms with Crippen LogP contribution in [0.2, 0.25) is 0 Å². The van der Waals surface area contributed by atoms with Gasteiger partial charge in [-0.15, -0.1) is 0 Å². The monoisotopic (exact) mass is 690 g/mol. The normalized spacial score (nSPS) is 11.1. The third-order valence-corrected chi connectivity index (χ3v) is 6.49. The molecule has 0 saturated heterocycles. The van der Waals surface area contributed by atoms with E-state index in [1.807, 2.05) is 0 Å². The summed E-state index contributed by atoms with van der Waals surface area (Å²) < 4.78 is 101. The maximum atomic E-state index is 10.6. The topological polar surface area (TPSA) is 211 Å². The minimum atomic E-state index is -4.27. The van der Waals surface area contributed by atoms with Gasteiger partial charge >= 0.3 is 88.7 Å². The molecule has 0 saturated carbocycles. The zero-order chi connectivity index (χ0) is 28.8. The first-order valence-electron chi connectivity index (χ1n) is 11.8. The zero-order valence-corrected chi connectivity index (χ0v) is 32.6. The van der Waals surface area contributed by atoms with Crippen LogP contribution in [0.4, 0.5) is 0 Å². The molecule has 42 heavy (non-hydrogen) atoms. The number of ether oxygens (including phenoxy) is 6. The average Bonchev–Trinajstić information content (AvgIpc) is 2.85. The number of benzene rings is 1. The molecule has 228 valence electrons. The fourth-order valence-corrected chi connectivity index (χ4v) is 3.99. The minimum Gasteiger partial charge on any atom is -0.748 e. The molecule has 0 fully saturated rings. The van der Waals surface area contributed by atoms with Gasteiger partial charge in [0, 0.05) is 67.3 Å². The van der Waals surface area contributed by atoms with Gasteiger partial charge in [-0.2, -0.15) is 4.33 Å². The summed E-state index contributed by atoms with van der Waals surface area (Å²) in [5, 5.41) is 12.9. The molecule has 0 N–H and O–H groups in total. The molecule has 15 nitrogen and oxygen atoms in total. The summed E-state index contributed by atoms with van der Waals surface area (Å²) in [7, 11) is -8.55. The Kier molecular flexibility index (Phi) is 34.2. The van der Waals surface area contributed by atoms with Crippen LogP contribution in [0, 0.1) is 0 Å². The SMILES string of the molecule is O=S(=O)([O-])CCCOCCOc1cc(OCCOCCCSOO[O-])cc(OCCOCCCS(=O)(=O)[O-])c1.[Na+].[Na+].[Na+]. The summed E-state index contributed by atoms with van der Waals surface area (Å²) in [6.45, 7) is 1.75.